The molecule has 0 unspecified atom stereocenters. The van der Waals surface area contributed by atoms with Crippen molar-refractivity contribution in [3.63, 3.8) is 0 Å². The number of piperazine rings is 1. The minimum absolute atomic E-state index is 0.224. The second-order valence-corrected chi connectivity index (χ2v) is 8.68. The number of carbonyl (C=O) groups excluding carboxylic acids is 1. The lowest BCUT2D eigenvalue weighted by molar-refractivity contribution is 0.188. The van der Waals surface area contributed by atoms with Gasteiger partial charge in [0, 0.05) is 44.5 Å². The van der Waals surface area contributed by atoms with E-state index in [4.69, 9.17) is 5.73 Å². The Labute approximate surface area is 188 Å². The molecular weight excluding hydrogens is 406 g/mol. The monoisotopic (exact) mass is 439 g/mol. The van der Waals surface area contributed by atoms with Crippen LogP contribution in [0.5, 0.6) is 0 Å². The van der Waals surface area contributed by atoms with Gasteiger partial charge in [0.2, 0.25) is 0 Å². The first-order chi connectivity index (χ1) is 15.5. The number of urea groups is 1. The van der Waals surface area contributed by atoms with Crippen molar-refractivity contribution in [3.05, 3.63) is 52.6 Å². The third kappa shape index (κ3) is 5.53. The van der Waals surface area contributed by atoms with E-state index in [0.717, 1.165) is 51.1 Å². The van der Waals surface area contributed by atoms with Crippen LogP contribution < -0.4 is 22.1 Å². The van der Waals surface area contributed by atoms with Crippen molar-refractivity contribution < 1.29 is 4.79 Å². The maximum atomic E-state index is 12.6. The number of carbonyl (C=O) groups is 1. The van der Waals surface area contributed by atoms with Gasteiger partial charge in [-0.1, -0.05) is 19.1 Å². The normalized spacial score (nSPS) is 20.3. The number of likely N-dealkylation sites (tertiary alicyclic amines) is 1. The molecule has 1 aromatic carbocycles. The third-order valence-electron chi connectivity index (χ3n) is 6.33. The van der Waals surface area contributed by atoms with Gasteiger partial charge in [0.15, 0.2) is 0 Å². The molecule has 1 atom stereocenters. The number of aromatic nitrogens is 2. The van der Waals surface area contributed by atoms with Gasteiger partial charge in [-0.05, 0) is 56.1 Å². The third-order valence-corrected chi connectivity index (χ3v) is 6.33. The maximum Gasteiger partial charge on any atom is 0.354 e. The predicted octanol–water partition coefficient (Wildman–Crippen LogP) is 1.37. The van der Waals surface area contributed by atoms with E-state index >= 15 is 0 Å². The molecule has 0 aliphatic carbocycles. The average Bonchev–Trinajstić information content (AvgIpc) is 2.81. The number of hydrogen-bond acceptors (Lipinski definition) is 6. The second kappa shape index (κ2) is 10.2. The number of benzene rings is 1. The van der Waals surface area contributed by atoms with Crippen molar-refractivity contribution in [1.29, 1.82) is 0 Å². The van der Waals surface area contributed by atoms with Crippen molar-refractivity contribution in [3.8, 4) is 5.69 Å². The van der Waals surface area contributed by atoms with Gasteiger partial charge in [0.25, 0.3) is 0 Å². The smallest absolute Gasteiger partial charge is 0.328 e. The van der Waals surface area contributed by atoms with E-state index in [0.29, 0.717) is 25.2 Å². The highest BCUT2D eigenvalue weighted by Gasteiger charge is 2.22. The molecular formula is C23H33N7O2. The van der Waals surface area contributed by atoms with Gasteiger partial charge >= 0.3 is 11.7 Å². The summed E-state index contributed by atoms with van der Waals surface area (Å²) in [7, 11) is 0. The number of nitrogens with one attached hydrogen (secondary N) is 2. The van der Waals surface area contributed by atoms with E-state index in [-0.39, 0.29) is 11.8 Å². The van der Waals surface area contributed by atoms with Crippen molar-refractivity contribution >= 4 is 11.8 Å². The molecule has 2 saturated heterocycles. The van der Waals surface area contributed by atoms with E-state index in [1.165, 1.54) is 10.1 Å². The van der Waals surface area contributed by atoms with Crippen molar-refractivity contribution in [2.24, 2.45) is 5.73 Å². The molecule has 2 aliphatic rings. The van der Waals surface area contributed by atoms with E-state index in [9.17, 15) is 9.59 Å². The summed E-state index contributed by atoms with van der Waals surface area (Å²) in [6, 6.07) is 10.00. The Morgan fingerprint density at radius 1 is 1.19 bits per heavy atom. The summed E-state index contributed by atoms with van der Waals surface area (Å²) in [5, 5.41) is 6.14. The van der Waals surface area contributed by atoms with Gasteiger partial charge in [-0.25, -0.2) is 9.59 Å². The lowest BCUT2D eigenvalue weighted by Crippen LogP contribution is -2.53. The van der Waals surface area contributed by atoms with E-state index < -0.39 is 5.69 Å². The van der Waals surface area contributed by atoms with Crippen LogP contribution >= 0.6 is 0 Å². The molecule has 0 saturated carbocycles. The van der Waals surface area contributed by atoms with Crippen molar-refractivity contribution in [1.82, 2.24) is 24.7 Å². The Morgan fingerprint density at radius 3 is 2.62 bits per heavy atom. The highest BCUT2D eigenvalue weighted by Crippen LogP contribution is 2.15. The lowest BCUT2D eigenvalue weighted by Gasteiger charge is -2.33. The van der Waals surface area contributed by atoms with Crippen molar-refractivity contribution in [2.45, 2.75) is 44.8 Å². The molecule has 2 aliphatic heterocycles. The molecule has 3 heterocycles. The number of amides is 2. The molecule has 2 fully saturated rings. The first-order valence-electron chi connectivity index (χ1n) is 11.5. The molecule has 32 heavy (non-hydrogen) atoms. The number of hydrogen-bond donors (Lipinski definition) is 3. The zero-order valence-corrected chi connectivity index (χ0v) is 18.7. The van der Waals surface area contributed by atoms with Crippen molar-refractivity contribution in [2.75, 3.05) is 38.0 Å². The van der Waals surface area contributed by atoms with Crippen LogP contribution in [0, 0.1) is 0 Å². The SMILES string of the molecule is CC[C@H]1CN(C(=O)Nc2ccn(-c3ccc(CN4CCC(N)CC4)cc3)c(=O)n2)CCN1. The van der Waals surface area contributed by atoms with Crippen LogP contribution in [-0.2, 0) is 6.54 Å². The van der Waals surface area contributed by atoms with Gasteiger partial charge in [-0.15, -0.1) is 0 Å². The molecule has 4 rings (SSSR count). The molecule has 9 nitrogen and oxygen atoms in total. The number of rotatable bonds is 5. The second-order valence-electron chi connectivity index (χ2n) is 8.68. The minimum atomic E-state index is -0.424. The van der Waals surface area contributed by atoms with Crippen LogP contribution in [0.2, 0.25) is 0 Å². The summed E-state index contributed by atoms with van der Waals surface area (Å²) in [4.78, 5) is 33.4. The van der Waals surface area contributed by atoms with E-state index in [2.05, 4.69) is 27.4 Å². The molecule has 2 aromatic rings. The fourth-order valence-corrected chi connectivity index (χ4v) is 4.27. The summed E-state index contributed by atoms with van der Waals surface area (Å²) < 4.78 is 1.48. The fourth-order valence-electron chi connectivity index (χ4n) is 4.27. The summed E-state index contributed by atoms with van der Waals surface area (Å²) in [6.07, 6.45) is 4.69. The van der Waals surface area contributed by atoms with Gasteiger partial charge < -0.3 is 16.0 Å². The van der Waals surface area contributed by atoms with Crippen LogP contribution in [0.3, 0.4) is 0 Å². The highest BCUT2D eigenvalue weighted by molar-refractivity contribution is 5.88. The van der Waals surface area contributed by atoms with Crippen LogP contribution in [0.25, 0.3) is 5.69 Å². The van der Waals surface area contributed by atoms with Crippen LogP contribution in [0.15, 0.2) is 41.3 Å². The Kier molecular flexibility index (Phi) is 7.19. The summed E-state index contributed by atoms with van der Waals surface area (Å²) >= 11 is 0. The van der Waals surface area contributed by atoms with Crippen LogP contribution in [-0.4, -0.2) is 70.2 Å². The first kappa shape index (κ1) is 22.4. The number of nitrogens with two attached hydrogens (primary N) is 1. The standard InChI is InChI=1S/C23H33N7O2/c1-2-19-16-29(14-10-25-19)22(31)26-21-9-13-30(23(32)27-21)20-5-3-17(4-6-20)15-28-11-7-18(24)8-12-28/h3-6,9,13,18-19,25H,2,7-8,10-12,14-16,24H2,1H3,(H,26,27,31,32)/t19-/m0/s1. The van der Waals surface area contributed by atoms with Gasteiger partial charge in [-0.2, -0.15) is 4.98 Å². The fraction of sp³-hybridized carbons (Fsp3) is 0.522. The van der Waals surface area contributed by atoms with Gasteiger partial charge in [-0.3, -0.25) is 14.8 Å². The Bertz CT molecular complexity index is 967. The summed E-state index contributed by atoms with van der Waals surface area (Å²) in [6.45, 7) is 7.07. The quantitative estimate of drug-likeness (QED) is 0.649. The summed E-state index contributed by atoms with van der Waals surface area (Å²) in [5.41, 5.74) is 7.51. The molecule has 0 bridgehead atoms. The number of piperidine rings is 1. The zero-order valence-electron chi connectivity index (χ0n) is 18.7. The minimum Gasteiger partial charge on any atom is -0.328 e. The molecule has 9 heteroatoms. The average molecular weight is 440 g/mol. The van der Waals surface area contributed by atoms with Gasteiger partial charge in [0.1, 0.15) is 5.82 Å². The Balaban J connectivity index is 1.37. The van der Waals surface area contributed by atoms with Crippen LogP contribution in [0.1, 0.15) is 31.7 Å². The molecule has 172 valence electrons. The molecule has 0 radical (unpaired) electrons. The molecule has 2 amide bonds. The molecule has 1 aromatic heterocycles. The van der Waals surface area contributed by atoms with E-state index in [1.54, 1.807) is 17.2 Å². The van der Waals surface area contributed by atoms with Gasteiger partial charge in [0.05, 0.1) is 5.69 Å². The maximum absolute atomic E-state index is 12.6. The largest absolute Gasteiger partial charge is 0.354 e. The molecule has 0 spiro atoms. The predicted molar refractivity (Wildman–Crippen MR) is 125 cm³/mol. The highest BCUT2D eigenvalue weighted by atomic mass is 16.2. The Hall–Kier alpha value is -2.75. The number of nitrogens with zero attached hydrogens (tertiary/aromatic N) is 4. The number of anilines is 1. The molecule has 4 N–H and O–H groups in total. The topological polar surface area (TPSA) is 109 Å². The first-order valence-corrected chi connectivity index (χ1v) is 11.5. The van der Waals surface area contributed by atoms with E-state index in [1.807, 2.05) is 24.3 Å². The van der Waals surface area contributed by atoms with Crippen LogP contribution in [0.4, 0.5) is 10.6 Å². The lowest BCUT2D eigenvalue weighted by atomic mass is 10.1. The summed E-state index contributed by atoms with van der Waals surface area (Å²) in [5.74, 6) is 0.266. The Morgan fingerprint density at radius 2 is 1.94 bits per heavy atom. The zero-order chi connectivity index (χ0) is 22.5.